The molecule has 0 aliphatic heterocycles. The number of nitrogens with one attached hydrogen (secondary N) is 1. The maximum atomic E-state index is 3.21. The molecular weight excluding hydrogens is 218 g/mol. The summed E-state index contributed by atoms with van der Waals surface area (Å²) in [5, 5.41) is 3.21. The van der Waals surface area contributed by atoms with Gasteiger partial charge in [0.25, 0.3) is 0 Å². The van der Waals surface area contributed by atoms with Gasteiger partial charge in [-0.2, -0.15) is 0 Å². The first-order valence-electron chi connectivity index (χ1n) is 7.55. The topological polar surface area (TPSA) is 12.0 Å². The Kier molecular flexibility index (Phi) is 8.58. The summed E-state index contributed by atoms with van der Waals surface area (Å²) in [4.78, 5) is 0. The molecule has 0 aromatic rings. The monoisotopic (exact) mass is 247 g/mol. The van der Waals surface area contributed by atoms with E-state index in [0.717, 1.165) is 19.4 Å². The van der Waals surface area contributed by atoms with Gasteiger partial charge in [0.15, 0.2) is 0 Å². The summed E-state index contributed by atoms with van der Waals surface area (Å²) in [6.45, 7) is 3.28. The van der Waals surface area contributed by atoms with Crippen molar-refractivity contribution in [1.29, 1.82) is 0 Å². The lowest BCUT2D eigenvalue weighted by Gasteiger charge is -2.01. The largest absolute Gasteiger partial charge is 0.319 e. The van der Waals surface area contributed by atoms with Crippen LogP contribution in [0.3, 0.4) is 0 Å². The van der Waals surface area contributed by atoms with Crippen molar-refractivity contribution < 1.29 is 0 Å². The van der Waals surface area contributed by atoms with E-state index in [9.17, 15) is 0 Å². The van der Waals surface area contributed by atoms with Gasteiger partial charge in [0.1, 0.15) is 0 Å². The second kappa shape index (κ2) is 10.1. The molecule has 0 spiro atoms. The minimum Gasteiger partial charge on any atom is -0.319 e. The van der Waals surface area contributed by atoms with Gasteiger partial charge >= 0.3 is 0 Å². The van der Waals surface area contributed by atoms with Crippen LogP contribution in [0.1, 0.15) is 58.3 Å². The summed E-state index contributed by atoms with van der Waals surface area (Å²) in [5.74, 6) is 0. The van der Waals surface area contributed by atoms with Crippen LogP contribution in [0.5, 0.6) is 0 Å². The Bertz CT molecular complexity index is 291. The van der Waals surface area contributed by atoms with Crippen LogP contribution in [0.2, 0.25) is 0 Å². The predicted octanol–water partition coefficient (Wildman–Crippen LogP) is 4.77. The molecule has 0 heterocycles. The Hall–Kier alpha value is -0.820. The highest BCUT2D eigenvalue weighted by Gasteiger charge is 2.08. The van der Waals surface area contributed by atoms with Gasteiger partial charge in [-0.25, -0.2) is 0 Å². The number of hydrogen-bond acceptors (Lipinski definition) is 1. The summed E-state index contributed by atoms with van der Waals surface area (Å²) in [5.41, 5.74) is 3.16. The van der Waals surface area contributed by atoms with Crippen LogP contribution in [0.4, 0.5) is 0 Å². The lowest BCUT2D eigenvalue weighted by atomic mass is 10.1. The van der Waals surface area contributed by atoms with Crippen molar-refractivity contribution >= 4 is 0 Å². The Morgan fingerprint density at radius 3 is 2.67 bits per heavy atom. The summed E-state index contributed by atoms with van der Waals surface area (Å²) in [6.07, 6.45) is 19.7. The van der Waals surface area contributed by atoms with Crippen LogP contribution in [0, 0.1) is 0 Å². The van der Waals surface area contributed by atoms with Crippen molar-refractivity contribution in [3.63, 3.8) is 0 Å². The van der Waals surface area contributed by atoms with Crippen molar-refractivity contribution in [2.75, 3.05) is 13.6 Å². The fraction of sp³-hybridized carbons (Fsp3) is 0.647. The normalized spacial score (nSPS) is 15.4. The lowest BCUT2D eigenvalue weighted by Crippen LogP contribution is -2.07. The van der Waals surface area contributed by atoms with Gasteiger partial charge < -0.3 is 5.32 Å². The predicted molar refractivity (Wildman–Crippen MR) is 81.8 cm³/mol. The highest BCUT2D eigenvalue weighted by molar-refractivity contribution is 5.18. The molecule has 0 radical (unpaired) electrons. The molecule has 0 aromatic heterocycles. The Morgan fingerprint density at radius 2 is 2.00 bits per heavy atom. The SMILES string of the molecule is CC/C=C(/C=CCCCCC=C1CC1)CCNC. The van der Waals surface area contributed by atoms with Crippen molar-refractivity contribution in [3.05, 3.63) is 35.5 Å². The highest BCUT2D eigenvalue weighted by atomic mass is 14.8. The average molecular weight is 247 g/mol. The van der Waals surface area contributed by atoms with Crippen LogP contribution in [-0.2, 0) is 0 Å². The third-order valence-corrected chi connectivity index (χ3v) is 3.26. The molecule has 1 nitrogen and oxygen atoms in total. The van der Waals surface area contributed by atoms with Crippen molar-refractivity contribution in [1.82, 2.24) is 5.32 Å². The smallest absolute Gasteiger partial charge is 0.00115 e. The maximum Gasteiger partial charge on any atom is -0.00115 e. The van der Waals surface area contributed by atoms with E-state index in [1.165, 1.54) is 44.1 Å². The minimum absolute atomic E-state index is 1.07. The molecule has 1 aliphatic carbocycles. The van der Waals surface area contributed by atoms with E-state index in [4.69, 9.17) is 0 Å². The highest BCUT2D eigenvalue weighted by Crippen LogP contribution is 2.28. The van der Waals surface area contributed by atoms with Gasteiger partial charge in [0.05, 0.1) is 0 Å². The molecule has 0 saturated heterocycles. The molecular formula is C17H29N. The standard InChI is InChI=1S/C17H29N/c1-3-9-16(14-15-18-2)10-7-5-4-6-8-11-17-12-13-17/h7,9-11,18H,3-6,8,12-15H2,1-2H3/b10-7?,16-9-. The zero-order chi connectivity index (χ0) is 13.1. The maximum absolute atomic E-state index is 3.21. The second-order valence-electron chi connectivity index (χ2n) is 5.09. The van der Waals surface area contributed by atoms with E-state index >= 15 is 0 Å². The van der Waals surface area contributed by atoms with Gasteiger partial charge in [-0.05, 0) is 65.0 Å². The third kappa shape index (κ3) is 8.30. The number of allylic oxidation sites excluding steroid dienone is 5. The van der Waals surface area contributed by atoms with Crippen LogP contribution in [-0.4, -0.2) is 13.6 Å². The summed E-state index contributed by atoms with van der Waals surface area (Å²) in [7, 11) is 2.02. The van der Waals surface area contributed by atoms with E-state index in [1.54, 1.807) is 5.57 Å². The summed E-state index contributed by atoms with van der Waals surface area (Å²) < 4.78 is 0. The van der Waals surface area contributed by atoms with Gasteiger partial charge in [0.2, 0.25) is 0 Å². The van der Waals surface area contributed by atoms with Gasteiger partial charge in [-0.3, -0.25) is 0 Å². The summed E-state index contributed by atoms with van der Waals surface area (Å²) >= 11 is 0. The molecule has 1 saturated carbocycles. The van der Waals surface area contributed by atoms with Crippen molar-refractivity contribution in [3.8, 4) is 0 Å². The Balaban J connectivity index is 2.07. The van der Waals surface area contributed by atoms with E-state index in [0.29, 0.717) is 0 Å². The van der Waals surface area contributed by atoms with Gasteiger partial charge in [-0.1, -0.05) is 42.4 Å². The zero-order valence-electron chi connectivity index (χ0n) is 12.2. The molecule has 1 N–H and O–H groups in total. The second-order valence-corrected chi connectivity index (χ2v) is 5.09. The fourth-order valence-electron chi connectivity index (χ4n) is 2.01. The first kappa shape index (κ1) is 15.2. The molecule has 0 bridgehead atoms. The Labute approximate surface area is 113 Å². The van der Waals surface area contributed by atoms with Gasteiger partial charge in [0, 0.05) is 0 Å². The van der Waals surface area contributed by atoms with Crippen LogP contribution in [0.15, 0.2) is 35.5 Å². The average Bonchev–Trinajstić information content (AvgIpc) is 3.18. The molecule has 1 rings (SSSR count). The van der Waals surface area contributed by atoms with E-state index in [1.807, 2.05) is 7.05 Å². The minimum atomic E-state index is 1.07. The zero-order valence-corrected chi connectivity index (χ0v) is 12.2. The molecule has 18 heavy (non-hydrogen) atoms. The molecule has 1 fully saturated rings. The van der Waals surface area contributed by atoms with Crippen LogP contribution < -0.4 is 5.32 Å². The Morgan fingerprint density at radius 1 is 1.22 bits per heavy atom. The molecule has 0 amide bonds. The first-order valence-corrected chi connectivity index (χ1v) is 7.55. The molecule has 0 aromatic carbocycles. The summed E-state index contributed by atoms with van der Waals surface area (Å²) in [6, 6.07) is 0. The molecule has 102 valence electrons. The van der Waals surface area contributed by atoms with E-state index in [2.05, 4.69) is 36.5 Å². The van der Waals surface area contributed by atoms with Crippen LogP contribution >= 0.6 is 0 Å². The van der Waals surface area contributed by atoms with Crippen molar-refractivity contribution in [2.45, 2.75) is 58.3 Å². The molecule has 0 atom stereocenters. The van der Waals surface area contributed by atoms with Crippen molar-refractivity contribution in [2.24, 2.45) is 0 Å². The lowest BCUT2D eigenvalue weighted by molar-refractivity contribution is 0.759. The fourth-order valence-corrected chi connectivity index (χ4v) is 2.01. The third-order valence-electron chi connectivity index (χ3n) is 3.26. The quantitative estimate of drug-likeness (QED) is 0.333. The van der Waals surface area contributed by atoms with E-state index in [-0.39, 0.29) is 0 Å². The van der Waals surface area contributed by atoms with E-state index < -0.39 is 0 Å². The molecule has 1 aliphatic rings. The molecule has 0 unspecified atom stereocenters. The van der Waals surface area contributed by atoms with Crippen LogP contribution in [0.25, 0.3) is 0 Å². The first-order chi connectivity index (χ1) is 8.86. The van der Waals surface area contributed by atoms with Gasteiger partial charge in [-0.15, -0.1) is 0 Å². The number of unbranched alkanes of at least 4 members (excludes halogenated alkanes) is 3. The number of hydrogen-bond donors (Lipinski definition) is 1. The molecule has 1 heteroatoms. The number of rotatable bonds is 10.